The molecule has 5 aliphatic carbocycles. The van der Waals surface area contributed by atoms with Gasteiger partial charge in [0, 0.05) is 42.3 Å². The van der Waals surface area contributed by atoms with Crippen LogP contribution >= 0.6 is 11.3 Å². The van der Waals surface area contributed by atoms with Gasteiger partial charge in [-0.2, -0.15) is 0 Å². The van der Waals surface area contributed by atoms with Gasteiger partial charge in [-0.3, -0.25) is 0 Å². The fourth-order valence-corrected chi connectivity index (χ4v) is 11.6. The lowest BCUT2D eigenvalue weighted by Crippen LogP contribution is -2.55. The standard InChI is InChI=1S/C43H33N3S/c1-2-8-27(9-3-1)40-44-41(46-42(45-40)29-15-17-39-35(24-29)33-11-5-7-13-38(33)47-39)28-14-16-37-34(23-28)32-10-4-6-12-36(32)43(37)30-19-25-18-26(21-30)22-31(43)20-25/h1-17,23-26,30-31H,18-22H2. The van der Waals surface area contributed by atoms with Crippen LogP contribution in [0.15, 0.2) is 115 Å². The highest BCUT2D eigenvalue weighted by Crippen LogP contribution is 2.69. The average Bonchev–Trinajstić information content (AvgIpc) is 3.64. The molecule has 0 amide bonds. The van der Waals surface area contributed by atoms with Crippen LogP contribution in [0, 0.1) is 23.7 Å². The Morgan fingerprint density at radius 3 is 1.85 bits per heavy atom. The Morgan fingerprint density at radius 1 is 0.468 bits per heavy atom. The number of aromatic nitrogens is 3. The first-order valence-electron chi connectivity index (χ1n) is 17.2. The summed E-state index contributed by atoms with van der Waals surface area (Å²) in [6.07, 6.45) is 7.04. The lowest BCUT2D eigenvalue weighted by Gasteiger charge is -2.61. The number of rotatable bonds is 3. The molecule has 3 nitrogen and oxygen atoms in total. The van der Waals surface area contributed by atoms with Crippen LogP contribution in [0.3, 0.4) is 0 Å². The van der Waals surface area contributed by atoms with Gasteiger partial charge in [-0.15, -0.1) is 11.3 Å². The second-order valence-corrected chi connectivity index (χ2v) is 15.5. The van der Waals surface area contributed by atoms with Gasteiger partial charge in [0.2, 0.25) is 0 Å². The second-order valence-electron chi connectivity index (χ2n) is 14.5. The van der Waals surface area contributed by atoms with Gasteiger partial charge in [-0.25, -0.2) is 15.0 Å². The molecule has 47 heavy (non-hydrogen) atoms. The number of thiophene rings is 1. The topological polar surface area (TPSA) is 38.7 Å². The third-order valence-corrected chi connectivity index (χ3v) is 13.3. The Bertz CT molecular complexity index is 2360. The summed E-state index contributed by atoms with van der Waals surface area (Å²) in [6, 6.07) is 42.1. The largest absolute Gasteiger partial charge is 0.208 e. The van der Waals surface area contributed by atoms with Crippen molar-refractivity contribution in [2.45, 2.75) is 37.5 Å². The van der Waals surface area contributed by atoms with Gasteiger partial charge in [0.05, 0.1) is 0 Å². The zero-order valence-electron chi connectivity index (χ0n) is 26.1. The van der Waals surface area contributed by atoms with E-state index in [0.717, 1.165) is 46.2 Å². The first kappa shape index (κ1) is 26.4. The molecule has 12 rings (SSSR count). The Balaban J connectivity index is 1.10. The van der Waals surface area contributed by atoms with Crippen molar-refractivity contribution in [3.8, 4) is 45.3 Å². The van der Waals surface area contributed by atoms with E-state index in [9.17, 15) is 0 Å². The van der Waals surface area contributed by atoms with Crippen LogP contribution in [0.1, 0.15) is 43.2 Å². The average molecular weight is 624 g/mol. The minimum absolute atomic E-state index is 0.163. The quantitative estimate of drug-likeness (QED) is 0.197. The van der Waals surface area contributed by atoms with E-state index in [4.69, 9.17) is 15.0 Å². The summed E-state index contributed by atoms with van der Waals surface area (Å²) < 4.78 is 2.58. The third-order valence-electron chi connectivity index (χ3n) is 12.1. The number of hydrogen-bond acceptors (Lipinski definition) is 4. The lowest BCUT2D eigenvalue weighted by molar-refractivity contribution is -0.0399. The zero-order chi connectivity index (χ0) is 30.7. The predicted molar refractivity (Wildman–Crippen MR) is 192 cm³/mol. The van der Waals surface area contributed by atoms with Crippen LogP contribution in [0.25, 0.3) is 65.5 Å². The second kappa shape index (κ2) is 9.68. The van der Waals surface area contributed by atoms with E-state index in [1.54, 1.807) is 11.1 Å². The predicted octanol–water partition coefficient (Wildman–Crippen LogP) is 11.0. The first-order chi connectivity index (χ1) is 23.2. The van der Waals surface area contributed by atoms with E-state index in [-0.39, 0.29) is 5.41 Å². The maximum absolute atomic E-state index is 5.21. The molecule has 4 heteroatoms. The van der Waals surface area contributed by atoms with Gasteiger partial charge >= 0.3 is 0 Å². The maximum Gasteiger partial charge on any atom is 0.164 e. The molecule has 4 fully saturated rings. The number of benzene rings is 5. The summed E-state index contributed by atoms with van der Waals surface area (Å²) in [4.78, 5) is 15.4. The van der Waals surface area contributed by atoms with Crippen molar-refractivity contribution in [2.75, 3.05) is 0 Å². The van der Waals surface area contributed by atoms with Crippen molar-refractivity contribution < 1.29 is 0 Å². The number of hydrogen-bond donors (Lipinski definition) is 0. The SMILES string of the molecule is c1ccc(-c2nc(-c3ccc4c(c3)-c3ccccc3C43C4CC5CC(C4)CC3C5)nc(-c3ccc4sc5ccccc5c4c3)n2)cc1. The molecule has 226 valence electrons. The number of nitrogens with zero attached hydrogens (tertiary/aromatic N) is 3. The zero-order valence-corrected chi connectivity index (χ0v) is 26.9. The van der Waals surface area contributed by atoms with Crippen molar-refractivity contribution >= 4 is 31.5 Å². The summed E-state index contributed by atoms with van der Waals surface area (Å²) in [5.74, 6) is 5.53. The highest BCUT2D eigenvalue weighted by molar-refractivity contribution is 7.25. The van der Waals surface area contributed by atoms with E-state index in [2.05, 4.69) is 109 Å². The van der Waals surface area contributed by atoms with Crippen molar-refractivity contribution in [3.63, 3.8) is 0 Å². The molecule has 5 aliphatic rings. The molecule has 5 aromatic carbocycles. The number of fused-ring (bicyclic) bond motifs is 6. The molecule has 0 aliphatic heterocycles. The summed E-state index contributed by atoms with van der Waals surface area (Å²) in [7, 11) is 0. The van der Waals surface area contributed by atoms with E-state index in [0.29, 0.717) is 11.6 Å². The van der Waals surface area contributed by atoms with E-state index in [1.165, 1.54) is 63.4 Å². The molecule has 1 spiro atoms. The summed E-state index contributed by atoms with van der Waals surface area (Å²) in [6.45, 7) is 0. The van der Waals surface area contributed by atoms with E-state index in [1.807, 2.05) is 17.4 Å². The first-order valence-corrected chi connectivity index (χ1v) is 18.0. The summed E-state index contributed by atoms with van der Waals surface area (Å²) >= 11 is 1.84. The fourth-order valence-electron chi connectivity index (χ4n) is 10.5. The molecule has 2 heterocycles. The maximum atomic E-state index is 5.21. The molecule has 0 unspecified atom stereocenters. The third kappa shape index (κ3) is 3.71. The molecule has 0 atom stereocenters. The van der Waals surface area contributed by atoms with Gasteiger partial charge in [-0.1, -0.05) is 84.9 Å². The van der Waals surface area contributed by atoms with Gasteiger partial charge in [0.25, 0.3) is 0 Å². The van der Waals surface area contributed by atoms with Crippen LogP contribution in [0.4, 0.5) is 0 Å². The smallest absolute Gasteiger partial charge is 0.164 e. The minimum atomic E-state index is 0.163. The van der Waals surface area contributed by atoms with Crippen LogP contribution in [0.2, 0.25) is 0 Å². The molecule has 0 radical (unpaired) electrons. The van der Waals surface area contributed by atoms with Crippen LogP contribution in [-0.2, 0) is 5.41 Å². The van der Waals surface area contributed by atoms with Crippen LogP contribution < -0.4 is 0 Å². The Labute approximate surface area is 278 Å². The molecular formula is C43H33N3S. The van der Waals surface area contributed by atoms with Crippen molar-refractivity contribution in [3.05, 3.63) is 126 Å². The highest BCUT2D eigenvalue weighted by Gasteiger charge is 2.61. The normalized spacial score (nSPS) is 25.1. The molecule has 4 saturated carbocycles. The van der Waals surface area contributed by atoms with Crippen LogP contribution in [-0.4, -0.2) is 15.0 Å². The highest BCUT2D eigenvalue weighted by atomic mass is 32.1. The molecule has 4 bridgehead atoms. The van der Waals surface area contributed by atoms with Gasteiger partial charge < -0.3 is 0 Å². The Hall–Kier alpha value is -4.67. The van der Waals surface area contributed by atoms with Crippen molar-refractivity contribution in [2.24, 2.45) is 23.7 Å². The summed E-state index contributed by atoms with van der Waals surface area (Å²) in [5, 5.41) is 2.53. The minimum Gasteiger partial charge on any atom is -0.208 e. The molecule has 7 aromatic rings. The monoisotopic (exact) mass is 623 g/mol. The van der Waals surface area contributed by atoms with Gasteiger partial charge in [0.1, 0.15) is 0 Å². The molecule has 0 saturated heterocycles. The molecule has 2 aromatic heterocycles. The van der Waals surface area contributed by atoms with Gasteiger partial charge in [0.15, 0.2) is 17.5 Å². The Morgan fingerprint density at radius 2 is 1.06 bits per heavy atom. The molecular weight excluding hydrogens is 591 g/mol. The fraction of sp³-hybridized carbons (Fsp3) is 0.233. The van der Waals surface area contributed by atoms with Gasteiger partial charge in [-0.05, 0) is 108 Å². The van der Waals surface area contributed by atoms with Crippen molar-refractivity contribution in [1.82, 2.24) is 15.0 Å². The molecule has 0 N–H and O–H groups in total. The Kier molecular flexibility index (Phi) is 5.44. The summed E-state index contributed by atoms with van der Waals surface area (Å²) in [5.41, 5.74) is 9.18. The van der Waals surface area contributed by atoms with Crippen LogP contribution in [0.5, 0.6) is 0 Å². The van der Waals surface area contributed by atoms with Crippen molar-refractivity contribution in [1.29, 1.82) is 0 Å². The van der Waals surface area contributed by atoms with E-state index < -0.39 is 0 Å². The van der Waals surface area contributed by atoms with E-state index >= 15 is 0 Å². The lowest BCUT2D eigenvalue weighted by atomic mass is 9.43.